The predicted octanol–water partition coefficient (Wildman–Crippen LogP) is 3.04. The van der Waals surface area contributed by atoms with E-state index in [0.29, 0.717) is 18.3 Å². The van der Waals surface area contributed by atoms with Gasteiger partial charge in [-0.15, -0.1) is 0 Å². The highest BCUT2D eigenvalue weighted by Crippen LogP contribution is 2.22. The van der Waals surface area contributed by atoms with E-state index in [1.54, 1.807) is 0 Å². The number of carbonyl (C=O) groups excluding carboxylic acids is 1. The van der Waals surface area contributed by atoms with Crippen LogP contribution in [0.4, 0.5) is 0 Å². The number of hydrogen-bond acceptors (Lipinski definition) is 1. The third-order valence-electron chi connectivity index (χ3n) is 3.82. The van der Waals surface area contributed by atoms with E-state index >= 15 is 0 Å². The maximum atomic E-state index is 12.3. The van der Waals surface area contributed by atoms with Crippen molar-refractivity contribution in [2.24, 2.45) is 11.8 Å². The number of aryl methyl sites for hydroxylation is 1. The molecule has 2 nitrogen and oxygen atoms in total. The molecule has 0 bridgehead atoms. The molecule has 1 aromatic rings. The van der Waals surface area contributed by atoms with Crippen LogP contribution < -0.4 is 0 Å². The van der Waals surface area contributed by atoms with Crippen LogP contribution in [-0.2, 0) is 11.2 Å². The zero-order valence-corrected chi connectivity index (χ0v) is 11.6. The van der Waals surface area contributed by atoms with Gasteiger partial charge in [-0.1, -0.05) is 38.1 Å². The van der Waals surface area contributed by atoms with E-state index in [4.69, 9.17) is 0 Å². The van der Waals surface area contributed by atoms with Crippen LogP contribution in [0.5, 0.6) is 0 Å². The smallest absolute Gasteiger partial charge is 0.227 e. The summed E-state index contributed by atoms with van der Waals surface area (Å²) in [5.74, 6) is 1.55. The Morgan fingerprint density at radius 1 is 1.22 bits per heavy atom. The standard InChI is InChI=1S/C16H23NO/c1-12-8-13(2)11-17(10-12)16(18)9-15-7-5-4-6-14(15)3/h4-7,12-13H,8-11H2,1-3H3. The molecule has 1 amide bonds. The topological polar surface area (TPSA) is 20.3 Å². The van der Waals surface area contributed by atoms with Crippen LogP contribution in [0.3, 0.4) is 0 Å². The molecular formula is C16H23NO. The molecule has 1 heterocycles. The average Bonchev–Trinajstić information content (AvgIpc) is 2.31. The lowest BCUT2D eigenvalue weighted by atomic mass is 9.91. The minimum absolute atomic E-state index is 0.280. The van der Waals surface area contributed by atoms with Gasteiger partial charge < -0.3 is 4.90 Å². The molecule has 1 fully saturated rings. The van der Waals surface area contributed by atoms with Gasteiger partial charge in [0.15, 0.2) is 0 Å². The van der Waals surface area contributed by atoms with Crippen LogP contribution >= 0.6 is 0 Å². The van der Waals surface area contributed by atoms with Gasteiger partial charge in [-0.25, -0.2) is 0 Å². The number of rotatable bonds is 2. The summed E-state index contributed by atoms with van der Waals surface area (Å²) in [5.41, 5.74) is 2.37. The van der Waals surface area contributed by atoms with Gasteiger partial charge in [-0.2, -0.15) is 0 Å². The number of amides is 1. The molecule has 0 aliphatic carbocycles. The molecule has 0 aromatic heterocycles. The number of hydrogen-bond donors (Lipinski definition) is 0. The zero-order valence-electron chi connectivity index (χ0n) is 11.6. The molecule has 2 rings (SSSR count). The van der Waals surface area contributed by atoms with Crippen molar-refractivity contribution >= 4 is 5.91 Å². The van der Waals surface area contributed by atoms with Crippen LogP contribution in [0.1, 0.15) is 31.4 Å². The molecule has 1 aliphatic heterocycles. The van der Waals surface area contributed by atoms with Crippen molar-refractivity contribution in [1.29, 1.82) is 0 Å². The van der Waals surface area contributed by atoms with Crippen molar-refractivity contribution in [3.63, 3.8) is 0 Å². The Hall–Kier alpha value is -1.31. The number of benzene rings is 1. The second-order valence-corrected chi connectivity index (χ2v) is 5.85. The molecule has 18 heavy (non-hydrogen) atoms. The van der Waals surface area contributed by atoms with E-state index in [-0.39, 0.29) is 5.91 Å². The predicted molar refractivity (Wildman–Crippen MR) is 74.4 cm³/mol. The first-order valence-electron chi connectivity index (χ1n) is 6.88. The Labute approximate surface area is 110 Å². The highest BCUT2D eigenvalue weighted by atomic mass is 16.2. The number of likely N-dealkylation sites (tertiary alicyclic amines) is 1. The number of carbonyl (C=O) groups is 1. The first-order chi connectivity index (χ1) is 8.56. The average molecular weight is 245 g/mol. The third-order valence-corrected chi connectivity index (χ3v) is 3.82. The van der Waals surface area contributed by atoms with Crippen LogP contribution in [0.15, 0.2) is 24.3 Å². The van der Waals surface area contributed by atoms with Crippen LogP contribution in [0.2, 0.25) is 0 Å². The summed E-state index contributed by atoms with van der Waals surface area (Å²) in [5, 5.41) is 0. The molecule has 0 N–H and O–H groups in total. The minimum Gasteiger partial charge on any atom is -0.342 e. The summed E-state index contributed by atoms with van der Waals surface area (Å²) in [6, 6.07) is 8.17. The van der Waals surface area contributed by atoms with Crippen molar-refractivity contribution in [2.45, 2.75) is 33.6 Å². The molecule has 98 valence electrons. The van der Waals surface area contributed by atoms with E-state index in [1.165, 1.54) is 12.0 Å². The van der Waals surface area contributed by atoms with Crippen molar-refractivity contribution in [2.75, 3.05) is 13.1 Å². The molecule has 1 aromatic carbocycles. The number of nitrogens with zero attached hydrogens (tertiary/aromatic N) is 1. The molecule has 0 saturated carbocycles. The third kappa shape index (κ3) is 3.12. The van der Waals surface area contributed by atoms with Gasteiger partial charge in [0.2, 0.25) is 5.91 Å². The lowest BCUT2D eigenvalue weighted by Gasteiger charge is -2.35. The maximum absolute atomic E-state index is 12.3. The fraction of sp³-hybridized carbons (Fsp3) is 0.562. The molecule has 1 saturated heterocycles. The Kier molecular flexibility index (Phi) is 4.05. The molecule has 2 unspecified atom stereocenters. The summed E-state index contributed by atoms with van der Waals surface area (Å²) in [7, 11) is 0. The van der Waals surface area contributed by atoms with Gasteiger partial charge >= 0.3 is 0 Å². The van der Waals surface area contributed by atoms with Crippen molar-refractivity contribution in [1.82, 2.24) is 4.90 Å². The van der Waals surface area contributed by atoms with E-state index < -0.39 is 0 Å². The van der Waals surface area contributed by atoms with Gasteiger partial charge in [0.05, 0.1) is 6.42 Å². The first kappa shape index (κ1) is 13.1. The van der Waals surface area contributed by atoms with Crippen LogP contribution in [-0.4, -0.2) is 23.9 Å². The summed E-state index contributed by atoms with van der Waals surface area (Å²) in [6.45, 7) is 8.40. The first-order valence-corrected chi connectivity index (χ1v) is 6.88. The normalized spacial score (nSPS) is 24.1. The summed E-state index contributed by atoms with van der Waals surface area (Å²) in [4.78, 5) is 14.4. The Morgan fingerprint density at radius 2 is 1.83 bits per heavy atom. The molecule has 0 radical (unpaired) electrons. The van der Waals surface area contributed by atoms with Crippen LogP contribution in [0, 0.1) is 18.8 Å². The van der Waals surface area contributed by atoms with Crippen molar-refractivity contribution < 1.29 is 4.79 Å². The monoisotopic (exact) mass is 245 g/mol. The second kappa shape index (κ2) is 5.55. The summed E-state index contributed by atoms with van der Waals surface area (Å²) in [6.07, 6.45) is 1.79. The summed E-state index contributed by atoms with van der Waals surface area (Å²) >= 11 is 0. The second-order valence-electron chi connectivity index (χ2n) is 5.85. The Balaban J connectivity index is 2.02. The highest BCUT2D eigenvalue weighted by Gasteiger charge is 2.25. The van der Waals surface area contributed by atoms with Gasteiger partial charge in [0, 0.05) is 13.1 Å². The SMILES string of the molecule is Cc1ccccc1CC(=O)N1CC(C)CC(C)C1. The maximum Gasteiger partial charge on any atom is 0.227 e. The van der Waals surface area contributed by atoms with Crippen molar-refractivity contribution in [3.05, 3.63) is 35.4 Å². The molecule has 1 aliphatic rings. The molecule has 2 heteroatoms. The molecular weight excluding hydrogens is 222 g/mol. The Morgan fingerprint density at radius 3 is 2.44 bits per heavy atom. The van der Waals surface area contributed by atoms with E-state index in [9.17, 15) is 4.79 Å². The molecule has 0 spiro atoms. The lowest BCUT2D eigenvalue weighted by molar-refractivity contribution is -0.133. The van der Waals surface area contributed by atoms with Gasteiger partial charge in [-0.05, 0) is 36.3 Å². The molecule has 2 atom stereocenters. The minimum atomic E-state index is 0.280. The zero-order chi connectivity index (χ0) is 13.1. The van der Waals surface area contributed by atoms with Gasteiger partial charge in [0.1, 0.15) is 0 Å². The Bertz CT molecular complexity index is 417. The largest absolute Gasteiger partial charge is 0.342 e. The van der Waals surface area contributed by atoms with E-state index in [0.717, 1.165) is 18.7 Å². The van der Waals surface area contributed by atoms with Gasteiger partial charge in [-0.3, -0.25) is 4.79 Å². The summed E-state index contributed by atoms with van der Waals surface area (Å²) < 4.78 is 0. The van der Waals surface area contributed by atoms with E-state index in [2.05, 4.69) is 32.9 Å². The fourth-order valence-electron chi connectivity index (χ4n) is 2.95. The fourth-order valence-corrected chi connectivity index (χ4v) is 2.95. The van der Waals surface area contributed by atoms with Crippen LogP contribution in [0.25, 0.3) is 0 Å². The van der Waals surface area contributed by atoms with Crippen molar-refractivity contribution in [3.8, 4) is 0 Å². The lowest BCUT2D eigenvalue weighted by Crippen LogP contribution is -2.43. The van der Waals surface area contributed by atoms with Gasteiger partial charge in [0.25, 0.3) is 0 Å². The van der Waals surface area contributed by atoms with E-state index in [1.807, 2.05) is 17.0 Å². The quantitative estimate of drug-likeness (QED) is 0.784. The number of piperidine rings is 1. The highest BCUT2D eigenvalue weighted by molar-refractivity contribution is 5.79.